The Morgan fingerprint density at radius 3 is 2.18 bits per heavy atom. The van der Waals surface area contributed by atoms with Crippen LogP contribution in [0.2, 0.25) is 5.02 Å². The maximum absolute atomic E-state index is 13.5. The Balaban J connectivity index is 0.000000369. The Bertz CT molecular complexity index is 2690. The second kappa shape index (κ2) is 25.2. The van der Waals surface area contributed by atoms with Crippen molar-refractivity contribution in [2.24, 2.45) is 0 Å². The number of aryl methyl sites for hydroxylation is 1. The van der Waals surface area contributed by atoms with E-state index in [9.17, 15) is 64.3 Å². The van der Waals surface area contributed by atoms with E-state index in [1.165, 1.54) is 13.1 Å². The zero-order valence-corrected chi connectivity index (χ0v) is 38.9. The van der Waals surface area contributed by atoms with Crippen LogP contribution in [-0.2, 0) is 50.7 Å². The fourth-order valence-electron chi connectivity index (χ4n) is 4.36. The van der Waals surface area contributed by atoms with Gasteiger partial charge in [-0.3, -0.25) is 24.9 Å². The molecule has 0 amide bonds. The lowest BCUT2D eigenvalue weighted by molar-refractivity contribution is -0.385. The van der Waals surface area contributed by atoms with E-state index in [0.29, 0.717) is 22.7 Å². The van der Waals surface area contributed by atoms with Gasteiger partial charge in [-0.1, -0.05) is 17.7 Å². The Kier molecular flexibility index (Phi) is 21.5. The Hall–Kier alpha value is -6.03. The summed E-state index contributed by atoms with van der Waals surface area (Å²) in [4.78, 5) is 69.9. The topological polar surface area (TPSA) is 304 Å². The summed E-state index contributed by atoms with van der Waals surface area (Å²) >= 11 is 5.83. The van der Waals surface area contributed by atoms with Gasteiger partial charge >= 0.3 is 24.1 Å². The summed E-state index contributed by atoms with van der Waals surface area (Å²) in [7, 11) is -8.05. The number of nitro benzene ring substituents is 1. The smallest absolute Gasteiger partial charge is 0.416 e. The van der Waals surface area contributed by atoms with Gasteiger partial charge in [-0.2, -0.15) is 26.6 Å². The molecule has 0 bridgehead atoms. The van der Waals surface area contributed by atoms with Gasteiger partial charge in [0.25, 0.3) is 26.6 Å². The van der Waals surface area contributed by atoms with Crippen LogP contribution in [0, 0.1) is 28.7 Å². The number of carbonyl (C=O) groups excluding carboxylic acids is 2. The standard InChI is InChI=1S/C19H15ClF3NO7.C12H9F2N5O2S.C3H8NO5P.C3H9S/c1-3-29-17(25)10(2)30-18(26)13-9-12(5-6-15(13)24(27)28)31-16-7-4-11(8-14(16)20)19(21,22)23;1-7-5-6-19-11(15-7)16-12(17-19)22(20,21)18-10-8(13)3-2-4-9(10)14;5-3(6)1-4-2-10(7,8)9;1-4(2)3/h4-10H,3H2,1-2H3;2-6,18H,1H3;4H,1-2H2,(H,5,6)(H2,7,8,9);1-3H3/q;;;+1/p-1. The number of fused-ring (bicyclic) bond motifs is 1. The van der Waals surface area contributed by atoms with Crippen LogP contribution in [0.15, 0.2) is 72.0 Å². The SMILES string of the molecule is CCOC(=O)C(C)OC(=O)c1cc(Oc2ccc(C(F)(F)F)cc2Cl)ccc1[N+](=O)[O-].C[S+](C)C.Cc1ccn2nc(S(=O)(=O)Nc3c(F)cccc3F)nc2n1.O=C(O)CNCP(=O)([O-])O. The summed E-state index contributed by atoms with van der Waals surface area (Å²) in [6, 6.07) is 9.98. The van der Waals surface area contributed by atoms with E-state index in [2.05, 4.69) is 33.8 Å². The highest BCUT2D eigenvalue weighted by molar-refractivity contribution is 7.94. The molecule has 0 radical (unpaired) electrons. The molecule has 0 saturated carbocycles. The van der Waals surface area contributed by atoms with E-state index in [0.717, 1.165) is 53.0 Å². The van der Waals surface area contributed by atoms with Gasteiger partial charge in [-0.25, -0.2) is 27.9 Å². The number of halogens is 6. The van der Waals surface area contributed by atoms with Crippen LogP contribution in [0.25, 0.3) is 5.78 Å². The molecule has 5 rings (SSSR count). The number of hydrogen-bond donors (Lipinski definition) is 4. The van der Waals surface area contributed by atoms with Crippen molar-refractivity contribution in [3.05, 3.63) is 110 Å². The monoisotopic (exact) mass is 1030 g/mol. The van der Waals surface area contributed by atoms with Crippen molar-refractivity contribution < 1.29 is 83.3 Å². The number of nitrogens with zero attached hydrogens (tertiary/aromatic N) is 5. The van der Waals surface area contributed by atoms with Gasteiger partial charge in [0.2, 0.25) is 0 Å². The van der Waals surface area contributed by atoms with E-state index >= 15 is 0 Å². The number of ether oxygens (including phenoxy) is 3. The van der Waals surface area contributed by atoms with Crippen LogP contribution >= 0.6 is 19.2 Å². The van der Waals surface area contributed by atoms with Crippen molar-refractivity contribution in [1.29, 1.82) is 0 Å². The number of carboxylic acids is 1. The summed E-state index contributed by atoms with van der Waals surface area (Å²) in [5, 5.41) is 23.9. The quantitative estimate of drug-likeness (QED) is 0.0272. The molecule has 2 unspecified atom stereocenters. The third-order valence-corrected chi connectivity index (χ3v) is 9.17. The number of aliphatic carboxylic acids is 1. The molecular formula is C37H40ClF5N7O14PS2. The largest absolute Gasteiger partial charge is 0.778 e. The maximum atomic E-state index is 13.5. The van der Waals surface area contributed by atoms with Crippen LogP contribution in [0.5, 0.6) is 11.5 Å². The van der Waals surface area contributed by atoms with Crippen LogP contribution < -0.4 is 19.7 Å². The van der Waals surface area contributed by atoms with Crippen LogP contribution in [0.4, 0.5) is 33.3 Å². The second-order valence-corrected chi connectivity index (χ2v) is 19.3. The number of nitro groups is 1. The molecule has 5 aromatic rings. The van der Waals surface area contributed by atoms with Crippen molar-refractivity contribution in [3.8, 4) is 11.5 Å². The molecule has 2 atom stereocenters. The number of esters is 2. The molecule has 0 aliphatic heterocycles. The summed E-state index contributed by atoms with van der Waals surface area (Å²) in [5.74, 6) is -5.55. The van der Waals surface area contributed by atoms with Gasteiger partial charge in [-0.15, -0.1) is 5.10 Å². The number of carboxylic acid groups (broad SMARTS) is 1. The minimum absolute atomic E-state index is 0.0398. The summed E-state index contributed by atoms with van der Waals surface area (Å²) < 4.78 is 117. The normalized spacial score (nSPS) is 12.4. The molecule has 3 aromatic carbocycles. The Morgan fingerprint density at radius 1 is 1.04 bits per heavy atom. The lowest BCUT2D eigenvalue weighted by Gasteiger charge is -2.14. The summed E-state index contributed by atoms with van der Waals surface area (Å²) in [6.45, 7) is 4.04. The number of alkyl halides is 3. The molecule has 2 heterocycles. The molecule has 366 valence electrons. The van der Waals surface area contributed by atoms with Gasteiger partial charge in [0.05, 0.1) is 53.7 Å². The van der Waals surface area contributed by atoms with E-state index in [1.807, 2.05) is 5.32 Å². The first-order chi connectivity index (χ1) is 30.9. The van der Waals surface area contributed by atoms with Gasteiger partial charge < -0.3 is 33.7 Å². The summed E-state index contributed by atoms with van der Waals surface area (Å²) in [6.07, 6.45) is 1.41. The molecular weight excluding hydrogens is 992 g/mol. The van der Waals surface area contributed by atoms with Gasteiger partial charge in [0.1, 0.15) is 42.0 Å². The van der Waals surface area contributed by atoms with Crippen molar-refractivity contribution >= 4 is 75.2 Å². The number of benzene rings is 3. The van der Waals surface area contributed by atoms with Gasteiger partial charge in [0, 0.05) is 24.0 Å². The van der Waals surface area contributed by atoms with Crippen molar-refractivity contribution in [3.63, 3.8) is 0 Å². The highest BCUT2D eigenvalue weighted by Crippen LogP contribution is 2.37. The molecule has 2 aromatic heterocycles. The number of sulfonamides is 1. The third-order valence-electron chi connectivity index (χ3n) is 7.13. The third kappa shape index (κ3) is 19.4. The Morgan fingerprint density at radius 2 is 1.66 bits per heavy atom. The van der Waals surface area contributed by atoms with Crippen LogP contribution in [-0.4, -0.2) is 105 Å². The molecule has 30 heteroatoms. The fourth-order valence-corrected chi connectivity index (χ4v) is 5.92. The minimum atomic E-state index is -4.61. The average molecular weight is 1030 g/mol. The van der Waals surface area contributed by atoms with Crippen LogP contribution in [0.3, 0.4) is 0 Å². The average Bonchev–Trinajstić information content (AvgIpc) is 3.64. The van der Waals surface area contributed by atoms with Gasteiger partial charge in [-0.05, 0) is 74.1 Å². The summed E-state index contributed by atoms with van der Waals surface area (Å²) in [5.41, 5.74) is -2.33. The predicted octanol–water partition coefficient (Wildman–Crippen LogP) is 5.34. The number of hydrogen-bond acceptors (Lipinski definition) is 16. The molecule has 0 fully saturated rings. The second-order valence-electron chi connectivity index (χ2n) is 13.2. The number of aromatic nitrogens is 4. The zero-order valence-electron chi connectivity index (χ0n) is 35.6. The predicted molar refractivity (Wildman–Crippen MR) is 229 cm³/mol. The molecule has 4 N–H and O–H groups in total. The number of rotatable bonds is 14. The van der Waals surface area contributed by atoms with E-state index in [4.69, 9.17) is 35.8 Å². The molecule has 21 nitrogen and oxygen atoms in total. The fraction of sp³-hybridized carbons (Fsp3) is 0.297. The van der Waals surface area contributed by atoms with E-state index < -0.39 is 105 Å². The molecule has 0 spiro atoms. The first-order valence-electron chi connectivity index (χ1n) is 18.3. The minimum Gasteiger partial charge on any atom is -0.778 e. The first-order valence-corrected chi connectivity index (χ1v) is 24.3. The lowest BCUT2D eigenvalue weighted by Crippen LogP contribution is -2.26. The first kappa shape index (κ1) is 57.1. The number of anilines is 1. The number of carbonyl (C=O) groups is 3. The van der Waals surface area contributed by atoms with Gasteiger partial charge in [0.15, 0.2) is 6.10 Å². The maximum Gasteiger partial charge on any atom is 0.416 e. The number of nitrogens with one attached hydrogen (secondary N) is 2. The van der Waals surface area contributed by atoms with Crippen molar-refractivity contribution in [2.75, 3.05) is 42.9 Å². The van der Waals surface area contributed by atoms with E-state index in [-0.39, 0.29) is 28.9 Å². The molecule has 0 aliphatic rings. The molecule has 0 aliphatic carbocycles. The Labute approximate surface area is 385 Å². The van der Waals surface area contributed by atoms with Crippen LogP contribution in [0.1, 0.15) is 35.5 Å². The molecule has 0 saturated heterocycles. The highest BCUT2D eigenvalue weighted by Gasteiger charge is 2.32. The van der Waals surface area contributed by atoms with E-state index in [1.54, 1.807) is 24.6 Å². The van der Waals surface area contributed by atoms with Crippen molar-refractivity contribution in [2.45, 2.75) is 38.2 Å². The highest BCUT2D eigenvalue weighted by atomic mass is 35.5. The van der Waals surface area contributed by atoms with Crippen molar-refractivity contribution in [1.82, 2.24) is 24.9 Å². The lowest BCUT2D eigenvalue weighted by atomic mass is 10.1. The zero-order chi connectivity index (χ0) is 51.0. The number of para-hydroxylation sites is 1. The molecule has 67 heavy (non-hydrogen) atoms.